The van der Waals surface area contributed by atoms with Crippen molar-refractivity contribution in [2.24, 2.45) is 0 Å². The molecule has 0 aliphatic carbocycles. The Morgan fingerprint density at radius 2 is 1.81 bits per heavy atom. The molecule has 0 spiro atoms. The van der Waals surface area contributed by atoms with E-state index in [4.69, 9.17) is 0 Å². The zero-order valence-electron chi connectivity index (χ0n) is 11.7. The van der Waals surface area contributed by atoms with Gasteiger partial charge in [0.05, 0.1) is 21.2 Å². The number of benzene rings is 1. The molecule has 2 aromatic rings. The van der Waals surface area contributed by atoms with E-state index in [1.165, 1.54) is 4.57 Å². The molecule has 0 radical (unpaired) electrons. The van der Waals surface area contributed by atoms with Crippen LogP contribution in [0, 0.1) is 0 Å². The summed E-state index contributed by atoms with van der Waals surface area (Å²) >= 11 is 0. The van der Waals surface area contributed by atoms with Crippen LogP contribution in [0.15, 0.2) is 29.4 Å². The van der Waals surface area contributed by atoms with Gasteiger partial charge in [-0.3, -0.25) is 0 Å². The van der Waals surface area contributed by atoms with Crippen LogP contribution >= 0.6 is 0 Å². The van der Waals surface area contributed by atoms with Gasteiger partial charge in [-0.05, 0) is 18.6 Å². The number of hydrogen-bond donors (Lipinski definition) is 0. The van der Waals surface area contributed by atoms with Gasteiger partial charge in [0.1, 0.15) is 0 Å². The van der Waals surface area contributed by atoms with Crippen LogP contribution in [0.3, 0.4) is 0 Å². The summed E-state index contributed by atoms with van der Waals surface area (Å²) in [5.41, 5.74) is 1.11. The van der Waals surface area contributed by atoms with Crippen molar-refractivity contribution in [2.75, 3.05) is 12.0 Å². The molecule has 7 nitrogen and oxygen atoms in total. The maximum absolute atomic E-state index is 11.7. The summed E-state index contributed by atoms with van der Waals surface area (Å²) in [6.45, 7) is 0.102. The summed E-state index contributed by atoms with van der Waals surface area (Å²) in [6.07, 6.45) is 1.07. The van der Waals surface area contributed by atoms with E-state index in [-0.39, 0.29) is 69.5 Å². The molecule has 1 aromatic carbocycles. The Hall–Kier alpha value is 0.186. The van der Waals surface area contributed by atoms with Gasteiger partial charge in [-0.2, -0.15) is 0 Å². The number of rotatable bonds is 5. The third-order valence-electron chi connectivity index (χ3n) is 2.73. The minimum absolute atomic E-state index is 0. The first-order valence-electron chi connectivity index (χ1n) is 5.77. The molecule has 0 fully saturated rings. The van der Waals surface area contributed by atoms with Crippen molar-refractivity contribution < 1.29 is 72.8 Å². The van der Waals surface area contributed by atoms with Crippen LogP contribution in [0.25, 0.3) is 11.0 Å². The second kappa shape index (κ2) is 7.17. The minimum Gasteiger partial charge on any atom is -0.748 e. The third-order valence-corrected chi connectivity index (χ3v) is 4.49. The van der Waals surface area contributed by atoms with E-state index >= 15 is 0 Å². The van der Waals surface area contributed by atoms with Crippen molar-refractivity contribution in [3.8, 4) is 0 Å². The Morgan fingerprint density at radius 3 is 2.38 bits per heavy atom. The van der Waals surface area contributed by atoms with Gasteiger partial charge in [0.25, 0.3) is 0 Å². The maximum Gasteiger partial charge on any atom is 1.00 e. The van der Waals surface area contributed by atoms with Crippen molar-refractivity contribution in [2.45, 2.75) is 18.1 Å². The first-order valence-corrected chi connectivity index (χ1v) is 9.24. The van der Waals surface area contributed by atoms with Gasteiger partial charge in [-0.25, -0.2) is 21.8 Å². The molecule has 0 saturated carbocycles. The van der Waals surface area contributed by atoms with Crippen LogP contribution in [-0.4, -0.2) is 42.9 Å². The van der Waals surface area contributed by atoms with Gasteiger partial charge in [-0.1, -0.05) is 12.1 Å². The van der Waals surface area contributed by atoms with Crippen molar-refractivity contribution in [1.29, 1.82) is 0 Å². The van der Waals surface area contributed by atoms with E-state index in [9.17, 15) is 21.4 Å². The molecule has 0 bridgehead atoms. The number of fused-ring (bicyclic) bond motifs is 1. The predicted molar refractivity (Wildman–Crippen MR) is 72.0 cm³/mol. The molecule has 110 valence electrons. The average Bonchev–Trinajstić information content (AvgIpc) is 2.67. The predicted octanol–water partition coefficient (Wildman–Crippen LogP) is -2.62. The number of sulfone groups is 1. The molecule has 0 atom stereocenters. The fraction of sp³-hybridized carbons (Fsp3) is 0.364. The molecule has 1 aromatic heterocycles. The summed E-state index contributed by atoms with van der Waals surface area (Å²) in [7, 11) is -7.85. The quantitative estimate of drug-likeness (QED) is 0.429. The van der Waals surface area contributed by atoms with Crippen molar-refractivity contribution >= 4 is 31.0 Å². The van der Waals surface area contributed by atoms with Gasteiger partial charge in [-0.15, -0.1) is 0 Å². The standard InChI is InChI=1S/C11H14N2O5S2.K/c1-19(14,15)11-12-9-5-2-3-6-10(9)13(11)7-4-8-20(16,17)18;/h2-3,5-6H,4,7-8H2,1H3,(H,16,17,18);/q;+1/p-1. The van der Waals surface area contributed by atoms with Crippen LogP contribution in [0.5, 0.6) is 0 Å². The summed E-state index contributed by atoms with van der Waals surface area (Å²) < 4.78 is 56.7. The molecule has 0 saturated heterocycles. The SMILES string of the molecule is CS(=O)(=O)c1nc2ccccc2n1CCCS(=O)(=O)[O-].[K+]. The summed E-state index contributed by atoms with van der Waals surface area (Å²) in [5.74, 6) is -0.539. The molecular weight excluding hydrogens is 343 g/mol. The number of aryl methyl sites for hydroxylation is 1. The second-order valence-corrected chi connectivity index (χ2v) is 7.86. The summed E-state index contributed by atoms with van der Waals surface area (Å²) in [5, 5.41) is -0.123. The second-order valence-electron chi connectivity index (χ2n) is 4.42. The van der Waals surface area contributed by atoms with Gasteiger partial charge in [0, 0.05) is 18.6 Å². The van der Waals surface area contributed by atoms with E-state index in [2.05, 4.69) is 4.98 Å². The number of aromatic nitrogens is 2. The Labute approximate surface area is 165 Å². The topological polar surface area (TPSA) is 109 Å². The van der Waals surface area contributed by atoms with Crippen molar-refractivity contribution in [1.82, 2.24) is 9.55 Å². The molecular formula is C11H13KN2O5S2. The van der Waals surface area contributed by atoms with Crippen molar-refractivity contribution in [3.05, 3.63) is 24.3 Å². The van der Waals surface area contributed by atoms with E-state index in [1.54, 1.807) is 24.3 Å². The molecule has 0 aliphatic heterocycles. The number of hydrogen-bond acceptors (Lipinski definition) is 6. The van der Waals surface area contributed by atoms with E-state index in [0.717, 1.165) is 6.26 Å². The van der Waals surface area contributed by atoms with Gasteiger partial charge < -0.3 is 9.12 Å². The molecule has 0 N–H and O–H groups in total. The molecule has 0 amide bonds. The van der Waals surface area contributed by atoms with Gasteiger partial charge in [0.2, 0.25) is 15.0 Å². The minimum atomic E-state index is -4.31. The van der Waals surface area contributed by atoms with E-state index in [1.807, 2.05) is 0 Å². The average molecular weight is 356 g/mol. The Kier molecular flexibility index (Phi) is 6.57. The largest absolute Gasteiger partial charge is 1.00 e. The molecule has 10 heteroatoms. The normalized spacial score (nSPS) is 12.3. The zero-order valence-corrected chi connectivity index (χ0v) is 16.4. The molecule has 0 aliphatic rings. The Bertz CT molecular complexity index is 843. The Balaban J connectivity index is 0.00000220. The number of para-hydroxylation sites is 2. The molecule has 1 heterocycles. The third kappa shape index (κ3) is 5.10. The molecule has 2 rings (SSSR count). The fourth-order valence-corrected chi connectivity index (χ4v) is 3.29. The van der Waals surface area contributed by atoms with Crippen LogP contribution in [0.1, 0.15) is 6.42 Å². The zero-order chi connectivity index (χ0) is 15.0. The van der Waals surface area contributed by atoms with Gasteiger partial charge in [0.15, 0.2) is 0 Å². The van der Waals surface area contributed by atoms with Crippen LogP contribution in [0.4, 0.5) is 0 Å². The monoisotopic (exact) mass is 356 g/mol. The first kappa shape index (κ1) is 19.2. The smallest absolute Gasteiger partial charge is 0.748 e. The van der Waals surface area contributed by atoms with E-state index in [0.29, 0.717) is 11.0 Å². The van der Waals surface area contributed by atoms with E-state index < -0.39 is 25.7 Å². The fourth-order valence-electron chi connectivity index (χ4n) is 1.95. The molecule has 21 heavy (non-hydrogen) atoms. The first-order chi connectivity index (χ1) is 9.18. The van der Waals surface area contributed by atoms with Crippen LogP contribution < -0.4 is 51.4 Å². The van der Waals surface area contributed by atoms with Crippen LogP contribution in [-0.2, 0) is 26.5 Å². The summed E-state index contributed by atoms with van der Waals surface area (Å²) in [4.78, 5) is 4.05. The van der Waals surface area contributed by atoms with Crippen LogP contribution in [0.2, 0.25) is 0 Å². The number of nitrogens with zero attached hydrogens (tertiary/aromatic N) is 2. The van der Waals surface area contributed by atoms with Gasteiger partial charge >= 0.3 is 51.4 Å². The number of imidazole rings is 1. The van der Waals surface area contributed by atoms with Crippen molar-refractivity contribution in [3.63, 3.8) is 0 Å². The molecule has 0 unspecified atom stereocenters. The maximum atomic E-state index is 11.7. The summed E-state index contributed by atoms with van der Waals surface area (Å²) in [6, 6.07) is 6.83. The Morgan fingerprint density at radius 1 is 1.19 bits per heavy atom.